The van der Waals surface area contributed by atoms with E-state index in [1.54, 1.807) is 12.1 Å². The zero-order chi connectivity index (χ0) is 17.2. The fourth-order valence-electron chi connectivity index (χ4n) is 3.21. The average Bonchev–Trinajstić information content (AvgIpc) is 3.26. The minimum absolute atomic E-state index is 0.263. The maximum absolute atomic E-state index is 13.3. The molecule has 2 heterocycles. The Kier molecular flexibility index (Phi) is 4.46. The van der Waals surface area contributed by atoms with Gasteiger partial charge in [-0.15, -0.1) is 5.10 Å². The zero-order valence-electron chi connectivity index (χ0n) is 13.8. The van der Waals surface area contributed by atoms with Gasteiger partial charge in [0.2, 0.25) is 4.77 Å². The number of halogens is 1. The van der Waals surface area contributed by atoms with E-state index in [0.29, 0.717) is 11.4 Å². The van der Waals surface area contributed by atoms with Crippen LogP contribution < -0.4 is 0 Å². The third kappa shape index (κ3) is 3.27. The lowest BCUT2D eigenvalue weighted by atomic mass is 10.2. The van der Waals surface area contributed by atoms with E-state index >= 15 is 0 Å². The highest BCUT2D eigenvalue weighted by Gasteiger charge is 2.18. The molecule has 4 rings (SSSR count). The Morgan fingerprint density at radius 3 is 2.32 bits per heavy atom. The molecule has 1 aromatic heterocycles. The first-order chi connectivity index (χ1) is 12.2. The SMILES string of the molecule is Fc1ccc(-n2c(-c3ccccc3)nn(CN3CCCC3)c2=S)cc1. The summed E-state index contributed by atoms with van der Waals surface area (Å²) in [4.78, 5) is 2.35. The second kappa shape index (κ2) is 6.90. The minimum atomic E-state index is -0.263. The normalized spacial score (nSPS) is 14.9. The van der Waals surface area contributed by atoms with Crippen molar-refractivity contribution in [3.05, 3.63) is 65.2 Å². The van der Waals surface area contributed by atoms with E-state index in [4.69, 9.17) is 17.3 Å². The monoisotopic (exact) mass is 354 g/mol. The van der Waals surface area contributed by atoms with E-state index in [1.807, 2.05) is 39.6 Å². The summed E-state index contributed by atoms with van der Waals surface area (Å²) in [6.45, 7) is 2.84. The van der Waals surface area contributed by atoms with Gasteiger partial charge in [-0.1, -0.05) is 30.3 Å². The molecule has 1 aliphatic rings. The van der Waals surface area contributed by atoms with Crippen LogP contribution in [0.4, 0.5) is 4.39 Å². The van der Waals surface area contributed by atoms with Crippen molar-refractivity contribution in [2.24, 2.45) is 0 Å². The van der Waals surface area contributed by atoms with Gasteiger partial charge in [-0.05, 0) is 62.4 Å². The summed E-state index contributed by atoms with van der Waals surface area (Å²) >= 11 is 5.71. The molecule has 128 valence electrons. The third-order valence-corrected chi connectivity index (χ3v) is 4.88. The van der Waals surface area contributed by atoms with Crippen molar-refractivity contribution in [2.45, 2.75) is 19.5 Å². The molecule has 0 amide bonds. The smallest absolute Gasteiger partial charge is 0.204 e. The number of aromatic nitrogens is 3. The van der Waals surface area contributed by atoms with E-state index in [1.165, 1.54) is 25.0 Å². The van der Waals surface area contributed by atoms with Crippen molar-refractivity contribution >= 4 is 12.2 Å². The van der Waals surface area contributed by atoms with Crippen molar-refractivity contribution in [1.82, 2.24) is 19.2 Å². The van der Waals surface area contributed by atoms with Gasteiger partial charge in [0, 0.05) is 5.56 Å². The molecule has 0 N–H and O–H groups in total. The van der Waals surface area contributed by atoms with E-state index < -0.39 is 0 Å². The molecule has 0 atom stereocenters. The second-order valence-electron chi connectivity index (χ2n) is 6.25. The Morgan fingerprint density at radius 2 is 1.64 bits per heavy atom. The van der Waals surface area contributed by atoms with Gasteiger partial charge in [0.25, 0.3) is 0 Å². The summed E-state index contributed by atoms with van der Waals surface area (Å²) < 4.78 is 17.7. The van der Waals surface area contributed by atoms with Crippen LogP contribution >= 0.6 is 12.2 Å². The first-order valence-corrected chi connectivity index (χ1v) is 8.87. The highest BCUT2D eigenvalue weighted by molar-refractivity contribution is 7.71. The van der Waals surface area contributed by atoms with Gasteiger partial charge < -0.3 is 0 Å². The molecule has 0 unspecified atom stereocenters. The number of likely N-dealkylation sites (tertiary alicyclic amines) is 1. The predicted molar refractivity (Wildman–Crippen MR) is 98.6 cm³/mol. The highest BCUT2D eigenvalue weighted by Crippen LogP contribution is 2.23. The summed E-state index contributed by atoms with van der Waals surface area (Å²) in [7, 11) is 0. The van der Waals surface area contributed by atoms with Crippen molar-refractivity contribution in [3.63, 3.8) is 0 Å². The average molecular weight is 354 g/mol. The van der Waals surface area contributed by atoms with Crippen molar-refractivity contribution in [2.75, 3.05) is 13.1 Å². The molecule has 0 bridgehead atoms. The van der Waals surface area contributed by atoms with Gasteiger partial charge in [0.1, 0.15) is 5.82 Å². The molecule has 1 saturated heterocycles. The molecular weight excluding hydrogens is 335 g/mol. The van der Waals surface area contributed by atoms with Crippen LogP contribution in [0.3, 0.4) is 0 Å². The van der Waals surface area contributed by atoms with Gasteiger partial charge in [-0.25, -0.2) is 9.07 Å². The zero-order valence-corrected chi connectivity index (χ0v) is 14.6. The summed E-state index contributed by atoms with van der Waals surface area (Å²) in [5.41, 5.74) is 1.80. The molecule has 0 aliphatic carbocycles. The van der Waals surface area contributed by atoms with Crippen LogP contribution in [0.2, 0.25) is 0 Å². The molecule has 1 fully saturated rings. The van der Waals surface area contributed by atoms with Gasteiger partial charge >= 0.3 is 0 Å². The summed E-state index contributed by atoms with van der Waals surface area (Å²) in [5, 5.41) is 4.78. The molecule has 25 heavy (non-hydrogen) atoms. The molecular formula is C19H19FN4S. The first-order valence-electron chi connectivity index (χ1n) is 8.46. The number of hydrogen-bond donors (Lipinski definition) is 0. The van der Waals surface area contributed by atoms with E-state index in [0.717, 1.165) is 30.2 Å². The lowest BCUT2D eigenvalue weighted by molar-refractivity contribution is 0.253. The topological polar surface area (TPSA) is 26.0 Å². The summed E-state index contributed by atoms with van der Waals surface area (Å²) in [6.07, 6.45) is 2.44. The first kappa shape index (κ1) is 16.2. The van der Waals surface area contributed by atoms with Crippen LogP contribution in [-0.4, -0.2) is 32.3 Å². The maximum Gasteiger partial charge on any atom is 0.204 e. The number of hydrogen-bond acceptors (Lipinski definition) is 3. The van der Waals surface area contributed by atoms with E-state index in [2.05, 4.69) is 4.90 Å². The van der Waals surface area contributed by atoms with Crippen LogP contribution in [0.15, 0.2) is 54.6 Å². The molecule has 1 aliphatic heterocycles. The Morgan fingerprint density at radius 1 is 0.960 bits per heavy atom. The molecule has 0 radical (unpaired) electrons. The largest absolute Gasteiger partial charge is 0.284 e. The number of benzene rings is 2. The molecule has 4 nitrogen and oxygen atoms in total. The molecule has 0 spiro atoms. The van der Waals surface area contributed by atoms with Gasteiger partial charge in [-0.3, -0.25) is 9.47 Å². The number of nitrogens with zero attached hydrogens (tertiary/aromatic N) is 4. The van der Waals surface area contributed by atoms with Crippen molar-refractivity contribution < 1.29 is 4.39 Å². The number of rotatable bonds is 4. The van der Waals surface area contributed by atoms with Crippen molar-refractivity contribution in [1.29, 1.82) is 0 Å². The Labute approximate surface area is 151 Å². The third-order valence-electron chi connectivity index (χ3n) is 4.49. The predicted octanol–water partition coefficient (Wildman–Crippen LogP) is 4.26. The molecule has 2 aromatic carbocycles. The summed E-state index contributed by atoms with van der Waals surface area (Å²) in [6, 6.07) is 16.3. The Balaban J connectivity index is 1.83. The van der Waals surface area contributed by atoms with Crippen LogP contribution in [0, 0.1) is 10.6 Å². The van der Waals surface area contributed by atoms with Gasteiger partial charge in [0.05, 0.1) is 12.4 Å². The van der Waals surface area contributed by atoms with Crippen LogP contribution in [0.1, 0.15) is 12.8 Å². The second-order valence-corrected chi connectivity index (χ2v) is 6.62. The lowest BCUT2D eigenvalue weighted by Crippen LogP contribution is -2.23. The Hall–Kier alpha value is -2.31. The van der Waals surface area contributed by atoms with Crippen molar-refractivity contribution in [3.8, 4) is 17.1 Å². The van der Waals surface area contributed by atoms with Gasteiger partial charge in [-0.2, -0.15) is 0 Å². The Bertz CT molecular complexity index is 909. The maximum atomic E-state index is 13.3. The molecule has 0 saturated carbocycles. The van der Waals surface area contributed by atoms with Crippen LogP contribution in [0.5, 0.6) is 0 Å². The van der Waals surface area contributed by atoms with Crippen LogP contribution in [0.25, 0.3) is 17.1 Å². The summed E-state index contributed by atoms with van der Waals surface area (Å²) in [5.74, 6) is 0.511. The fraction of sp³-hybridized carbons (Fsp3) is 0.263. The lowest BCUT2D eigenvalue weighted by Gasteiger charge is -2.13. The highest BCUT2D eigenvalue weighted by atomic mass is 32.1. The molecule has 6 heteroatoms. The van der Waals surface area contributed by atoms with E-state index in [-0.39, 0.29) is 5.82 Å². The fourth-order valence-corrected chi connectivity index (χ4v) is 3.50. The van der Waals surface area contributed by atoms with Crippen LogP contribution in [-0.2, 0) is 6.67 Å². The standard InChI is InChI=1S/C19H19FN4S/c20-16-8-10-17(11-9-16)24-18(15-6-2-1-3-7-15)21-23(19(24)25)14-22-12-4-5-13-22/h1-3,6-11H,4-5,12-14H2. The van der Waals surface area contributed by atoms with E-state index in [9.17, 15) is 4.39 Å². The van der Waals surface area contributed by atoms with Gasteiger partial charge in [0.15, 0.2) is 5.82 Å². The quantitative estimate of drug-likeness (QED) is 0.655. The molecule has 3 aromatic rings. The minimum Gasteiger partial charge on any atom is -0.284 e.